The van der Waals surface area contributed by atoms with Gasteiger partial charge in [-0.25, -0.2) is 0 Å². The average Bonchev–Trinajstić information content (AvgIpc) is 3.82. The molecule has 1 radical (unpaired) electrons. The summed E-state index contributed by atoms with van der Waals surface area (Å²) in [6.45, 7) is 16.1. The van der Waals surface area contributed by atoms with Gasteiger partial charge in [0.25, 0.3) is 0 Å². The molecule has 295 valence electrons. The normalized spacial score (nSPS) is 11.8. The van der Waals surface area contributed by atoms with Crippen LogP contribution in [-0.2, 0) is 20.1 Å². The maximum atomic E-state index is 6.86. The van der Waals surface area contributed by atoms with Gasteiger partial charge in [0.2, 0.25) is 0 Å². The van der Waals surface area contributed by atoms with Gasteiger partial charge in [0, 0.05) is 42.8 Å². The Morgan fingerprint density at radius 3 is 1.98 bits per heavy atom. The molecule has 0 aliphatic rings. The van der Waals surface area contributed by atoms with Crippen molar-refractivity contribution in [2.45, 2.75) is 59.2 Å². The number of benzene rings is 7. The largest absolute Gasteiger partial charge is 0.500 e. The number of pyridine rings is 1. The van der Waals surface area contributed by atoms with E-state index in [9.17, 15) is 0 Å². The van der Waals surface area contributed by atoms with E-state index in [2.05, 4.69) is 178 Å². The Balaban J connectivity index is 0.000000240. The van der Waals surface area contributed by atoms with Crippen LogP contribution in [0, 0.1) is 12.1 Å². The van der Waals surface area contributed by atoms with Gasteiger partial charge in [0.15, 0.2) is 0 Å². The molecule has 3 aromatic heterocycles. The predicted octanol–water partition coefficient (Wildman–Crippen LogP) is 14.0. The zero-order valence-electron chi connectivity index (χ0n) is 34.6. The van der Waals surface area contributed by atoms with Gasteiger partial charge in [-0.15, -0.1) is 54.1 Å². The van der Waals surface area contributed by atoms with E-state index < -0.39 is 8.07 Å². The maximum Gasteiger partial charge on any atom is 0.128 e. The molecule has 0 amide bonds. The van der Waals surface area contributed by atoms with Crippen LogP contribution in [0.2, 0.25) is 19.6 Å². The summed E-state index contributed by atoms with van der Waals surface area (Å²) in [4.78, 5) is 9.77. The quantitative estimate of drug-likeness (QED) is 0.0947. The van der Waals surface area contributed by atoms with Crippen LogP contribution in [0.4, 0.5) is 0 Å². The van der Waals surface area contributed by atoms with Crippen molar-refractivity contribution in [3.8, 4) is 28.3 Å². The van der Waals surface area contributed by atoms with Gasteiger partial charge < -0.3 is 14.0 Å². The minimum absolute atomic E-state index is 0. The smallest absolute Gasteiger partial charge is 0.128 e. The Hall–Kier alpha value is -5.65. The first-order valence-corrected chi connectivity index (χ1v) is 23.8. The standard InChI is InChI=1S/C39H31N2O.C14H16NSi.Ir/c1-23(2)26-13-9-14-27(24(3)4)36(26)41-35-18-8-7-17-34(35)40-39(41)33-16-10-15-30-32-22-21-29-28-12-6-5-11-25(28)19-20-31(29)37(32)42-38(30)33;1-16(2,3)13-9-10-14(15-11-13)12-7-5-4-6-8-12;/h5-15,17-24H,1-4H3;4-7,9-11H,1-3H3;/q2*-1;. The average molecular weight is 962 g/mol. The van der Waals surface area contributed by atoms with Crippen molar-refractivity contribution in [1.82, 2.24) is 14.5 Å². The number of nitrogens with zero attached hydrogens (tertiary/aromatic N) is 3. The van der Waals surface area contributed by atoms with Crippen molar-refractivity contribution in [2.24, 2.45) is 0 Å². The Kier molecular flexibility index (Phi) is 11.0. The van der Waals surface area contributed by atoms with Crippen LogP contribution in [0.15, 0.2) is 150 Å². The fourth-order valence-corrected chi connectivity index (χ4v) is 9.23. The van der Waals surface area contributed by atoms with Crippen LogP contribution in [-0.4, -0.2) is 22.6 Å². The molecule has 4 nitrogen and oxygen atoms in total. The first-order valence-electron chi connectivity index (χ1n) is 20.3. The van der Waals surface area contributed by atoms with E-state index in [1.807, 2.05) is 36.5 Å². The summed E-state index contributed by atoms with van der Waals surface area (Å²) in [6.07, 6.45) is 2.02. The van der Waals surface area contributed by atoms with Crippen molar-refractivity contribution < 1.29 is 24.5 Å². The predicted molar refractivity (Wildman–Crippen MR) is 247 cm³/mol. The summed E-state index contributed by atoms with van der Waals surface area (Å²) in [6, 6.07) is 55.6. The minimum atomic E-state index is -1.23. The molecule has 0 aliphatic carbocycles. The second kappa shape index (κ2) is 16.2. The van der Waals surface area contributed by atoms with Gasteiger partial charge in [0.05, 0.1) is 30.5 Å². The first-order chi connectivity index (χ1) is 28.1. The van der Waals surface area contributed by atoms with Crippen molar-refractivity contribution in [3.63, 3.8) is 0 Å². The van der Waals surface area contributed by atoms with Crippen LogP contribution >= 0.6 is 0 Å². The number of fused-ring (bicyclic) bond motifs is 8. The summed E-state index contributed by atoms with van der Waals surface area (Å²) in [5.41, 5.74) is 10.5. The van der Waals surface area contributed by atoms with Crippen molar-refractivity contribution in [2.75, 3.05) is 0 Å². The third-order valence-electron chi connectivity index (χ3n) is 11.3. The van der Waals surface area contributed by atoms with E-state index in [0.29, 0.717) is 11.8 Å². The van der Waals surface area contributed by atoms with E-state index >= 15 is 0 Å². The van der Waals surface area contributed by atoms with Crippen LogP contribution in [0.25, 0.3) is 82.8 Å². The van der Waals surface area contributed by atoms with Gasteiger partial charge in [-0.05, 0) is 62.1 Å². The molecule has 0 fully saturated rings. The van der Waals surface area contributed by atoms with Crippen molar-refractivity contribution >= 4 is 67.8 Å². The Bertz CT molecular complexity index is 3080. The van der Waals surface area contributed by atoms with E-state index in [-0.39, 0.29) is 20.1 Å². The SMILES string of the molecule is CC(C)c1cccc(C(C)C)c1-n1c(-c2[c-]ccc3c2oc2c3ccc3c4ccccc4ccc32)nc2ccccc21.C[Si](C)(C)c1ccc(-c2[c-]cccc2)nc1.[Ir]. The molecule has 0 aliphatic heterocycles. The number of para-hydroxylation sites is 3. The van der Waals surface area contributed by atoms with Gasteiger partial charge in [-0.3, -0.25) is 4.98 Å². The van der Waals surface area contributed by atoms with Crippen molar-refractivity contribution in [3.05, 3.63) is 169 Å². The van der Waals surface area contributed by atoms with Crippen molar-refractivity contribution in [1.29, 1.82) is 0 Å². The van der Waals surface area contributed by atoms with Crippen LogP contribution in [0.5, 0.6) is 0 Å². The third-order valence-corrected chi connectivity index (χ3v) is 13.3. The number of furan rings is 1. The van der Waals surface area contributed by atoms with Crippen LogP contribution in [0.3, 0.4) is 0 Å². The summed E-state index contributed by atoms with van der Waals surface area (Å²) < 4.78 is 9.21. The summed E-state index contributed by atoms with van der Waals surface area (Å²) in [5.74, 6) is 1.55. The topological polar surface area (TPSA) is 43.9 Å². The number of imidazole rings is 1. The van der Waals surface area contributed by atoms with Gasteiger partial charge in [-0.2, -0.15) is 0 Å². The molecular formula is C53H47IrN3OSi-2. The zero-order valence-corrected chi connectivity index (χ0v) is 38.0. The molecule has 0 saturated carbocycles. The van der Waals surface area contributed by atoms with Crippen LogP contribution in [0.1, 0.15) is 50.7 Å². The Labute approximate surface area is 361 Å². The first kappa shape index (κ1) is 40.1. The number of aromatic nitrogens is 3. The zero-order chi connectivity index (χ0) is 40.1. The van der Waals surface area contributed by atoms with Gasteiger partial charge >= 0.3 is 0 Å². The second-order valence-electron chi connectivity index (χ2n) is 16.8. The summed E-state index contributed by atoms with van der Waals surface area (Å²) in [5, 5.41) is 8.36. The molecule has 6 heteroatoms. The Morgan fingerprint density at radius 2 is 1.27 bits per heavy atom. The molecule has 7 aromatic carbocycles. The van der Waals surface area contributed by atoms with E-state index in [4.69, 9.17) is 9.40 Å². The number of hydrogen-bond donors (Lipinski definition) is 0. The molecule has 0 saturated heterocycles. The summed E-state index contributed by atoms with van der Waals surface area (Å²) >= 11 is 0. The molecule has 10 rings (SSSR count). The molecular weight excluding hydrogens is 915 g/mol. The summed E-state index contributed by atoms with van der Waals surface area (Å²) in [7, 11) is -1.23. The monoisotopic (exact) mass is 962 g/mol. The number of rotatable bonds is 6. The third kappa shape index (κ3) is 7.35. The minimum Gasteiger partial charge on any atom is -0.500 e. The van der Waals surface area contributed by atoms with Crippen LogP contribution < -0.4 is 5.19 Å². The number of hydrogen-bond acceptors (Lipinski definition) is 3. The second-order valence-corrected chi connectivity index (χ2v) is 21.9. The molecule has 0 spiro atoms. The van der Waals surface area contributed by atoms with Gasteiger partial charge in [0.1, 0.15) is 5.58 Å². The molecule has 0 N–H and O–H groups in total. The fraction of sp³-hybridized carbons (Fsp3) is 0.170. The molecule has 10 aromatic rings. The van der Waals surface area contributed by atoms with E-state index in [0.717, 1.165) is 61.0 Å². The molecule has 59 heavy (non-hydrogen) atoms. The van der Waals surface area contributed by atoms with Gasteiger partial charge in [-0.1, -0.05) is 149 Å². The molecule has 0 unspecified atom stereocenters. The molecule has 0 atom stereocenters. The molecule has 3 heterocycles. The fourth-order valence-electron chi connectivity index (χ4n) is 8.19. The molecule has 0 bridgehead atoms. The maximum absolute atomic E-state index is 6.86. The van der Waals surface area contributed by atoms with E-state index in [1.165, 1.54) is 38.2 Å². The Morgan fingerprint density at radius 1 is 0.593 bits per heavy atom. The van der Waals surface area contributed by atoms with E-state index in [1.54, 1.807) is 0 Å².